The molecular formula is C19H21N3O2. The average molecular weight is 323 g/mol. The van der Waals surface area contributed by atoms with Gasteiger partial charge in [0.25, 0.3) is 5.91 Å². The third-order valence-corrected chi connectivity index (χ3v) is 4.73. The van der Waals surface area contributed by atoms with Gasteiger partial charge in [0.1, 0.15) is 5.75 Å². The molecule has 0 unspecified atom stereocenters. The second-order valence-corrected chi connectivity index (χ2v) is 6.35. The van der Waals surface area contributed by atoms with Crippen LogP contribution in [-0.2, 0) is 13.0 Å². The fourth-order valence-corrected chi connectivity index (χ4v) is 3.38. The molecule has 124 valence electrons. The largest absolute Gasteiger partial charge is 0.493 e. The monoisotopic (exact) mass is 323 g/mol. The van der Waals surface area contributed by atoms with E-state index >= 15 is 0 Å². The highest BCUT2D eigenvalue weighted by atomic mass is 16.5. The lowest BCUT2D eigenvalue weighted by Gasteiger charge is -2.34. The highest BCUT2D eigenvalue weighted by Gasteiger charge is 2.22. The number of ether oxygens (including phenoxy) is 1. The van der Waals surface area contributed by atoms with Crippen molar-refractivity contribution in [1.82, 2.24) is 14.8 Å². The smallest absolute Gasteiger partial charge is 0.255 e. The first-order valence-corrected chi connectivity index (χ1v) is 8.46. The van der Waals surface area contributed by atoms with E-state index < -0.39 is 0 Å². The molecular weight excluding hydrogens is 302 g/mol. The molecule has 2 aliphatic heterocycles. The topological polar surface area (TPSA) is 45.7 Å². The molecule has 24 heavy (non-hydrogen) atoms. The van der Waals surface area contributed by atoms with Crippen LogP contribution < -0.4 is 4.74 Å². The van der Waals surface area contributed by atoms with Gasteiger partial charge in [-0.2, -0.15) is 0 Å². The first-order valence-electron chi connectivity index (χ1n) is 8.46. The zero-order valence-electron chi connectivity index (χ0n) is 13.6. The third-order valence-electron chi connectivity index (χ3n) is 4.73. The van der Waals surface area contributed by atoms with Crippen molar-refractivity contribution in [3.8, 4) is 5.75 Å². The number of pyridine rings is 1. The van der Waals surface area contributed by atoms with E-state index in [9.17, 15) is 4.79 Å². The highest BCUT2D eigenvalue weighted by molar-refractivity contribution is 5.93. The predicted octanol–water partition coefficient (Wildman–Crippen LogP) is 1.97. The van der Waals surface area contributed by atoms with E-state index in [4.69, 9.17) is 4.74 Å². The number of aromatic nitrogens is 1. The summed E-state index contributed by atoms with van der Waals surface area (Å²) in [5.74, 6) is 1.11. The number of piperazine rings is 1. The Labute approximate surface area is 141 Å². The van der Waals surface area contributed by atoms with Crippen molar-refractivity contribution in [1.29, 1.82) is 0 Å². The van der Waals surface area contributed by atoms with Gasteiger partial charge in [-0.3, -0.25) is 14.7 Å². The van der Waals surface area contributed by atoms with Gasteiger partial charge >= 0.3 is 0 Å². The van der Waals surface area contributed by atoms with Crippen LogP contribution in [0.4, 0.5) is 0 Å². The van der Waals surface area contributed by atoms with Crippen molar-refractivity contribution in [3.05, 3.63) is 59.4 Å². The minimum atomic E-state index is 0.0810. The minimum absolute atomic E-state index is 0.0810. The van der Waals surface area contributed by atoms with E-state index in [1.54, 1.807) is 18.5 Å². The van der Waals surface area contributed by atoms with E-state index in [1.165, 1.54) is 11.1 Å². The SMILES string of the molecule is O=C(c1cccnc1)N1CCN(Cc2ccc3c(c2)CCO3)CC1. The van der Waals surface area contributed by atoms with E-state index in [1.807, 2.05) is 11.0 Å². The fraction of sp³-hybridized carbons (Fsp3) is 0.368. The maximum Gasteiger partial charge on any atom is 0.255 e. The number of carbonyl (C=O) groups is 1. The van der Waals surface area contributed by atoms with Crippen molar-refractivity contribution in [3.63, 3.8) is 0 Å². The van der Waals surface area contributed by atoms with Gasteiger partial charge in [0, 0.05) is 51.5 Å². The first kappa shape index (κ1) is 15.1. The molecule has 1 aromatic heterocycles. The van der Waals surface area contributed by atoms with Crippen LogP contribution in [0.15, 0.2) is 42.7 Å². The maximum atomic E-state index is 12.4. The van der Waals surface area contributed by atoms with E-state index in [0.29, 0.717) is 5.56 Å². The quantitative estimate of drug-likeness (QED) is 0.866. The minimum Gasteiger partial charge on any atom is -0.493 e. The number of carbonyl (C=O) groups excluding carboxylic acids is 1. The Morgan fingerprint density at radius 2 is 2.04 bits per heavy atom. The van der Waals surface area contributed by atoms with Crippen LogP contribution >= 0.6 is 0 Å². The van der Waals surface area contributed by atoms with Crippen LogP contribution in [0.3, 0.4) is 0 Å². The van der Waals surface area contributed by atoms with Gasteiger partial charge in [0.2, 0.25) is 0 Å². The number of benzene rings is 1. The van der Waals surface area contributed by atoms with Gasteiger partial charge in [-0.25, -0.2) is 0 Å². The Morgan fingerprint density at radius 3 is 2.83 bits per heavy atom. The van der Waals surface area contributed by atoms with Gasteiger partial charge in [-0.15, -0.1) is 0 Å². The Balaban J connectivity index is 1.34. The molecule has 0 aliphatic carbocycles. The Kier molecular flexibility index (Phi) is 4.17. The van der Waals surface area contributed by atoms with Crippen molar-refractivity contribution in [2.45, 2.75) is 13.0 Å². The van der Waals surface area contributed by atoms with E-state index in [2.05, 4.69) is 28.1 Å². The summed E-state index contributed by atoms with van der Waals surface area (Å²) >= 11 is 0. The van der Waals surface area contributed by atoms with Gasteiger partial charge in [-0.1, -0.05) is 12.1 Å². The molecule has 5 heteroatoms. The van der Waals surface area contributed by atoms with Crippen molar-refractivity contribution in [2.75, 3.05) is 32.8 Å². The number of amides is 1. The standard InChI is InChI=1S/C19H21N3O2/c23-19(17-2-1-6-20-13-17)22-9-7-21(8-10-22)14-15-3-4-18-16(12-15)5-11-24-18/h1-4,6,12-13H,5,7-11,14H2. The summed E-state index contributed by atoms with van der Waals surface area (Å²) in [6, 6.07) is 10.1. The van der Waals surface area contributed by atoms with Gasteiger partial charge in [0.05, 0.1) is 12.2 Å². The first-order chi connectivity index (χ1) is 11.8. The number of nitrogens with zero attached hydrogens (tertiary/aromatic N) is 3. The Morgan fingerprint density at radius 1 is 1.17 bits per heavy atom. The average Bonchev–Trinajstić information content (AvgIpc) is 3.10. The number of hydrogen-bond donors (Lipinski definition) is 0. The molecule has 2 aliphatic rings. The summed E-state index contributed by atoms with van der Waals surface area (Å²) in [6.07, 6.45) is 4.34. The molecule has 0 N–H and O–H groups in total. The van der Waals surface area contributed by atoms with Crippen molar-refractivity contribution in [2.24, 2.45) is 0 Å². The summed E-state index contributed by atoms with van der Waals surface area (Å²) in [6.45, 7) is 5.07. The van der Waals surface area contributed by atoms with Gasteiger partial charge < -0.3 is 9.64 Å². The van der Waals surface area contributed by atoms with Gasteiger partial charge in [0.15, 0.2) is 0 Å². The lowest BCUT2D eigenvalue weighted by atomic mass is 10.1. The molecule has 1 fully saturated rings. The number of rotatable bonds is 3. The summed E-state index contributed by atoms with van der Waals surface area (Å²) in [5.41, 5.74) is 3.31. The normalized spacial score (nSPS) is 17.4. The van der Waals surface area contributed by atoms with E-state index in [-0.39, 0.29) is 5.91 Å². The third kappa shape index (κ3) is 3.12. The zero-order valence-corrected chi connectivity index (χ0v) is 13.6. The molecule has 5 nitrogen and oxygen atoms in total. The molecule has 2 aromatic rings. The van der Waals surface area contributed by atoms with Crippen LogP contribution in [0.5, 0.6) is 5.75 Å². The lowest BCUT2D eigenvalue weighted by Crippen LogP contribution is -2.48. The molecule has 0 radical (unpaired) electrons. The van der Waals surface area contributed by atoms with Crippen LogP contribution in [0, 0.1) is 0 Å². The van der Waals surface area contributed by atoms with Crippen LogP contribution in [0.25, 0.3) is 0 Å². The van der Waals surface area contributed by atoms with Crippen molar-refractivity contribution >= 4 is 5.91 Å². The Hall–Kier alpha value is -2.40. The number of fused-ring (bicyclic) bond motifs is 1. The van der Waals surface area contributed by atoms with Crippen LogP contribution in [-0.4, -0.2) is 53.5 Å². The van der Waals surface area contributed by atoms with Crippen molar-refractivity contribution < 1.29 is 9.53 Å². The van der Waals surface area contributed by atoms with Crippen LogP contribution in [0.2, 0.25) is 0 Å². The highest BCUT2D eigenvalue weighted by Crippen LogP contribution is 2.26. The maximum absolute atomic E-state index is 12.4. The molecule has 0 spiro atoms. The molecule has 0 bridgehead atoms. The molecule has 4 rings (SSSR count). The molecule has 3 heterocycles. The summed E-state index contributed by atoms with van der Waals surface area (Å²) < 4.78 is 5.56. The second-order valence-electron chi connectivity index (χ2n) is 6.35. The summed E-state index contributed by atoms with van der Waals surface area (Å²) in [7, 11) is 0. The molecule has 1 amide bonds. The zero-order chi connectivity index (χ0) is 16.4. The molecule has 0 saturated carbocycles. The summed E-state index contributed by atoms with van der Waals surface area (Å²) in [4.78, 5) is 20.8. The van der Waals surface area contributed by atoms with E-state index in [0.717, 1.165) is 51.5 Å². The molecule has 1 saturated heterocycles. The fourth-order valence-electron chi connectivity index (χ4n) is 3.38. The number of hydrogen-bond acceptors (Lipinski definition) is 4. The Bertz CT molecular complexity index is 725. The van der Waals surface area contributed by atoms with Gasteiger partial charge in [-0.05, 0) is 29.3 Å². The van der Waals surface area contributed by atoms with Crippen LogP contribution in [0.1, 0.15) is 21.5 Å². The summed E-state index contributed by atoms with van der Waals surface area (Å²) in [5, 5.41) is 0. The predicted molar refractivity (Wildman–Crippen MR) is 91.1 cm³/mol. The second kappa shape index (κ2) is 6.61. The lowest BCUT2D eigenvalue weighted by molar-refractivity contribution is 0.0628. The molecule has 0 atom stereocenters. The molecule has 1 aromatic carbocycles.